The fourth-order valence-electron chi connectivity index (χ4n) is 4.66. The Morgan fingerprint density at radius 3 is 2.57 bits per heavy atom. The van der Waals surface area contributed by atoms with Crippen molar-refractivity contribution in [2.24, 2.45) is 0 Å². The third kappa shape index (κ3) is 4.00. The quantitative estimate of drug-likeness (QED) is 0.813. The Bertz CT molecular complexity index is 730. The summed E-state index contributed by atoms with van der Waals surface area (Å²) in [5.74, 6) is 0.389. The average Bonchev–Trinajstić information content (AvgIpc) is 3.11. The second-order valence-electron chi connectivity index (χ2n) is 8.03. The highest BCUT2D eigenvalue weighted by molar-refractivity contribution is 8.00. The van der Waals surface area contributed by atoms with Crippen LogP contribution in [0.5, 0.6) is 0 Å². The maximum Gasteiger partial charge on any atom is 0.317 e. The van der Waals surface area contributed by atoms with E-state index in [2.05, 4.69) is 5.32 Å². The molecule has 0 aromatic heterocycles. The molecule has 1 spiro atoms. The zero-order chi connectivity index (χ0) is 19.6. The summed E-state index contributed by atoms with van der Waals surface area (Å²) in [6, 6.07) is 6.27. The van der Waals surface area contributed by atoms with Gasteiger partial charge in [0.05, 0.1) is 4.87 Å². The molecule has 0 bridgehead atoms. The second-order valence-corrected chi connectivity index (χ2v) is 9.49. The van der Waals surface area contributed by atoms with Gasteiger partial charge in [-0.15, -0.1) is 11.8 Å². The van der Waals surface area contributed by atoms with E-state index in [1.165, 1.54) is 31.4 Å². The molecule has 1 aromatic rings. The van der Waals surface area contributed by atoms with Crippen molar-refractivity contribution in [1.29, 1.82) is 0 Å². The Kier molecular flexibility index (Phi) is 5.80. The lowest BCUT2D eigenvalue weighted by atomic mass is 9.95. The number of nitrogens with zero attached hydrogens (tertiary/aromatic N) is 2. The highest BCUT2D eigenvalue weighted by Gasteiger charge is 2.47. The van der Waals surface area contributed by atoms with E-state index in [4.69, 9.17) is 0 Å². The molecule has 1 saturated carbocycles. The van der Waals surface area contributed by atoms with Crippen molar-refractivity contribution in [1.82, 2.24) is 15.1 Å². The van der Waals surface area contributed by atoms with Gasteiger partial charge in [-0.1, -0.05) is 25.3 Å². The van der Waals surface area contributed by atoms with Gasteiger partial charge in [-0.2, -0.15) is 0 Å². The largest absolute Gasteiger partial charge is 0.335 e. The predicted octanol–water partition coefficient (Wildman–Crippen LogP) is 3.85. The first-order valence-corrected chi connectivity index (χ1v) is 11.3. The van der Waals surface area contributed by atoms with Crippen molar-refractivity contribution in [3.63, 3.8) is 0 Å². The number of halogens is 1. The van der Waals surface area contributed by atoms with E-state index >= 15 is 0 Å². The van der Waals surface area contributed by atoms with Crippen molar-refractivity contribution in [3.05, 3.63) is 35.6 Å². The third-order valence-corrected chi connectivity index (χ3v) is 7.81. The van der Waals surface area contributed by atoms with Crippen molar-refractivity contribution < 1.29 is 14.0 Å². The number of carbonyl (C=O) groups is 2. The van der Waals surface area contributed by atoms with E-state index in [0.717, 1.165) is 31.4 Å². The summed E-state index contributed by atoms with van der Waals surface area (Å²) in [6.07, 6.45) is 7.34. The Hall–Kier alpha value is -1.76. The van der Waals surface area contributed by atoms with Crippen LogP contribution in [0.3, 0.4) is 0 Å². The average molecular weight is 406 g/mol. The van der Waals surface area contributed by atoms with E-state index < -0.39 is 0 Å². The molecule has 152 valence electrons. The first-order chi connectivity index (χ1) is 13.6. The molecule has 2 heterocycles. The van der Waals surface area contributed by atoms with Crippen LogP contribution in [-0.4, -0.2) is 58.0 Å². The van der Waals surface area contributed by atoms with Gasteiger partial charge in [0.15, 0.2) is 0 Å². The van der Waals surface area contributed by atoms with E-state index in [0.29, 0.717) is 31.2 Å². The van der Waals surface area contributed by atoms with E-state index in [1.54, 1.807) is 23.9 Å². The summed E-state index contributed by atoms with van der Waals surface area (Å²) in [5, 5.41) is 3.19. The van der Waals surface area contributed by atoms with Crippen LogP contribution in [0.2, 0.25) is 0 Å². The highest BCUT2D eigenvalue weighted by atomic mass is 32.2. The summed E-state index contributed by atoms with van der Waals surface area (Å²) in [7, 11) is 0. The summed E-state index contributed by atoms with van der Waals surface area (Å²) in [4.78, 5) is 29.2. The lowest BCUT2D eigenvalue weighted by Gasteiger charge is -2.44. The monoisotopic (exact) mass is 405 g/mol. The molecule has 5 nitrogen and oxygen atoms in total. The van der Waals surface area contributed by atoms with Gasteiger partial charge >= 0.3 is 6.03 Å². The van der Waals surface area contributed by atoms with E-state index in [1.807, 2.05) is 9.80 Å². The minimum Gasteiger partial charge on any atom is -0.335 e. The topological polar surface area (TPSA) is 52.7 Å². The molecule has 3 fully saturated rings. The Morgan fingerprint density at radius 2 is 1.86 bits per heavy atom. The number of benzene rings is 1. The van der Waals surface area contributed by atoms with Gasteiger partial charge in [0.1, 0.15) is 5.82 Å². The number of hydrogen-bond donors (Lipinski definition) is 1. The van der Waals surface area contributed by atoms with Crippen LogP contribution in [0.25, 0.3) is 0 Å². The molecule has 0 unspecified atom stereocenters. The molecule has 4 rings (SSSR count). The summed E-state index contributed by atoms with van der Waals surface area (Å²) in [6.45, 7) is 1.98. The summed E-state index contributed by atoms with van der Waals surface area (Å²) < 4.78 is 13.6. The van der Waals surface area contributed by atoms with Crippen LogP contribution in [0.1, 0.15) is 55.3 Å². The fraction of sp³-hybridized carbons (Fsp3) is 0.619. The SMILES string of the molecule is O=C(NC1CCCCC1)N1CCC2(CC1)SCCN2C(=O)c1cccc(F)c1. The number of likely N-dealkylation sites (tertiary alicyclic amines) is 1. The number of rotatable bonds is 2. The minimum atomic E-state index is -0.388. The molecule has 0 radical (unpaired) electrons. The smallest absolute Gasteiger partial charge is 0.317 e. The number of hydrogen-bond acceptors (Lipinski definition) is 3. The van der Waals surface area contributed by atoms with E-state index in [9.17, 15) is 14.0 Å². The zero-order valence-corrected chi connectivity index (χ0v) is 17.0. The molecule has 3 amide bonds. The molecule has 1 N–H and O–H groups in total. The Labute approximate surface area is 170 Å². The third-order valence-electron chi connectivity index (χ3n) is 6.26. The lowest BCUT2D eigenvalue weighted by molar-refractivity contribution is 0.0579. The van der Waals surface area contributed by atoms with Crippen LogP contribution < -0.4 is 5.32 Å². The number of urea groups is 1. The van der Waals surface area contributed by atoms with Crippen molar-refractivity contribution >= 4 is 23.7 Å². The zero-order valence-electron chi connectivity index (χ0n) is 16.2. The fourth-order valence-corrected chi connectivity index (χ4v) is 6.11. The van der Waals surface area contributed by atoms with E-state index in [-0.39, 0.29) is 22.6 Å². The molecule has 1 aliphatic carbocycles. The van der Waals surface area contributed by atoms with Gasteiger partial charge in [-0.3, -0.25) is 4.79 Å². The van der Waals surface area contributed by atoms with Crippen molar-refractivity contribution in [3.8, 4) is 0 Å². The maximum atomic E-state index is 13.6. The van der Waals surface area contributed by atoms with Crippen LogP contribution in [0.4, 0.5) is 9.18 Å². The normalized spacial score (nSPS) is 22.5. The first kappa shape index (κ1) is 19.6. The molecule has 3 aliphatic rings. The molecule has 1 aromatic carbocycles. The minimum absolute atomic E-state index is 0.0350. The first-order valence-electron chi connectivity index (χ1n) is 10.3. The molecule has 2 saturated heterocycles. The van der Waals surface area contributed by atoms with Gasteiger partial charge in [0.25, 0.3) is 5.91 Å². The van der Waals surface area contributed by atoms with Crippen LogP contribution in [0.15, 0.2) is 24.3 Å². The Balaban J connectivity index is 1.38. The summed E-state index contributed by atoms with van der Waals surface area (Å²) in [5.41, 5.74) is 0.402. The number of thioether (sulfide) groups is 1. The van der Waals surface area contributed by atoms with Crippen molar-refractivity contribution in [2.45, 2.75) is 55.9 Å². The molecular formula is C21H28FN3O2S. The van der Waals surface area contributed by atoms with Crippen LogP contribution in [-0.2, 0) is 0 Å². The number of carbonyl (C=O) groups excluding carboxylic acids is 2. The number of nitrogens with one attached hydrogen (secondary N) is 1. The van der Waals surface area contributed by atoms with Gasteiger partial charge in [-0.05, 0) is 43.9 Å². The molecule has 7 heteroatoms. The molecule has 2 aliphatic heterocycles. The van der Waals surface area contributed by atoms with Gasteiger partial charge in [0, 0.05) is 37.0 Å². The second kappa shape index (κ2) is 8.31. The Morgan fingerprint density at radius 1 is 1.11 bits per heavy atom. The van der Waals surface area contributed by atoms with Crippen LogP contribution >= 0.6 is 11.8 Å². The van der Waals surface area contributed by atoms with Crippen molar-refractivity contribution in [2.75, 3.05) is 25.4 Å². The van der Waals surface area contributed by atoms with Crippen LogP contribution in [0, 0.1) is 5.82 Å². The molecule has 28 heavy (non-hydrogen) atoms. The predicted molar refractivity (Wildman–Crippen MR) is 109 cm³/mol. The molecular weight excluding hydrogens is 377 g/mol. The van der Waals surface area contributed by atoms with Gasteiger partial charge in [-0.25, -0.2) is 9.18 Å². The van der Waals surface area contributed by atoms with Gasteiger partial charge in [0.2, 0.25) is 0 Å². The standard InChI is InChI=1S/C21H28FN3O2S/c22-17-6-4-5-16(15-17)19(26)25-13-14-28-21(25)9-11-24(12-10-21)20(27)23-18-7-2-1-3-8-18/h4-6,15,18H,1-3,7-14H2,(H,23,27). The number of amides is 3. The number of piperidine rings is 1. The molecule has 0 atom stereocenters. The summed E-state index contributed by atoms with van der Waals surface area (Å²) >= 11 is 1.80. The highest BCUT2D eigenvalue weighted by Crippen LogP contribution is 2.44. The lowest BCUT2D eigenvalue weighted by Crippen LogP contribution is -2.56. The maximum absolute atomic E-state index is 13.6. The van der Waals surface area contributed by atoms with Gasteiger partial charge < -0.3 is 15.1 Å².